The van der Waals surface area contributed by atoms with Gasteiger partial charge in [0.2, 0.25) is 0 Å². The molecule has 17 heavy (non-hydrogen) atoms. The summed E-state index contributed by atoms with van der Waals surface area (Å²) >= 11 is 3.86. The zero-order valence-corrected chi connectivity index (χ0v) is 9.62. The Labute approximate surface area is 103 Å². The molecule has 0 radical (unpaired) electrons. The summed E-state index contributed by atoms with van der Waals surface area (Å²) in [5.74, 6) is -1.03. The van der Waals surface area contributed by atoms with Crippen molar-refractivity contribution in [2.45, 2.75) is 4.90 Å². The van der Waals surface area contributed by atoms with Gasteiger partial charge in [-0.3, -0.25) is 4.79 Å². The highest BCUT2D eigenvalue weighted by atomic mass is 32.1. The number of nitriles is 2. The Bertz CT molecular complexity index is 502. The molecule has 1 aromatic rings. The maximum absolute atomic E-state index is 13.0. The number of rotatable bonds is 3. The van der Waals surface area contributed by atoms with E-state index < -0.39 is 11.7 Å². The van der Waals surface area contributed by atoms with Crippen LogP contribution in [0.5, 0.6) is 0 Å². The van der Waals surface area contributed by atoms with Crippen LogP contribution in [0.4, 0.5) is 4.39 Å². The summed E-state index contributed by atoms with van der Waals surface area (Å²) in [5.41, 5.74) is 0.196. The SMILES string of the molecule is N#CCN(CC#N)C(=O)c1ccc(F)c(S)c1. The number of thiol groups is 1. The van der Waals surface area contributed by atoms with Gasteiger partial charge in [0.25, 0.3) is 5.91 Å². The lowest BCUT2D eigenvalue weighted by atomic mass is 10.2. The van der Waals surface area contributed by atoms with Crippen LogP contribution < -0.4 is 0 Å². The second-order valence-electron chi connectivity index (χ2n) is 3.14. The van der Waals surface area contributed by atoms with Crippen LogP contribution in [0.15, 0.2) is 23.1 Å². The number of benzene rings is 1. The summed E-state index contributed by atoms with van der Waals surface area (Å²) in [6.45, 7) is -0.378. The molecule has 0 aliphatic heterocycles. The fourth-order valence-corrected chi connectivity index (χ4v) is 1.41. The van der Waals surface area contributed by atoms with Crippen molar-refractivity contribution in [3.8, 4) is 12.1 Å². The minimum absolute atomic E-state index is 0.0460. The van der Waals surface area contributed by atoms with E-state index in [1.807, 2.05) is 0 Å². The zero-order valence-electron chi connectivity index (χ0n) is 8.72. The third-order valence-corrected chi connectivity index (χ3v) is 2.35. The Kier molecular flexibility index (Phi) is 4.50. The maximum Gasteiger partial charge on any atom is 0.255 e. The Hall–Kier alpha value is -2.05. The van der Waals surface area contributed by atoms with Crippen LogP contribution in [0.1, 0.15) is 10.4 Å². The first kappa shape index (κ1) is 13.0. The third kappa shape index (κ3) is 3.20. The number of carbonyl (C=O) groups excluding carboxylic acids is 1. The van der Waals surface area contributed by atoms with Crippen LogP contribution in [0.25, 0.3) is 0 Å². The van der Waals surface area contributed by atoms with Crippen molar-refractivity contribution in [2.75, 3.05) is 13.1 Å². The Balaban J connectivity index is 2.98. The van der Waals surface area contributed by atoms with Crippen LogP contribution >= 0.6 is 12.6 Å². The summed E-state index contributed by atoms with van der Waals surface area (Å²) < 4.78 is 13.0. The van der Waals surface area contributed by atoms with Gasteiger partial charge in [0.05, 0.1) is 12.1 Å². The van der Waals surface area contributed by atoms with Crippen LogP contribution in [0.2, 0.25) is 0 Å². The second-order valence-corrected chi connectivity index (χ2v) is 3.63. The number of hydrogen-bond donors (Lipinski definition) is 1. The molecule has 0 aliphatic rings. The molecule has 4 nitrogen and oxygen atoms in total. The third-order valence-electron chi connectivity index (χ3n) is 2.00. The molecule has 0 atom stereocenters. The summed E-state index contributed by atoms with van der Waals surface area (Å²) in [7, 11) is 0. The van der Waals surface area contributed by atoms with E-state index in [4.69, 9.17) is 10.5 Å². The van der Waals surface area contributed by atoms with E-state index in [1.54, 1.807) is 12.1 Å². The van der Waals surface area contributed by atoms with Crippen molar-refractivity contribution < 1.29 is 9.18 Å². The first-order valence-electron chi connectivity index (χ1n) is 4.62. The maximum atomic E-state index is 13.0. The minimum Gasteiger partial charge on any atom is -0.312 e. The van der Waals surface area contributed by atoms with E-state index in [1.165, 1.54) is 12.1 Å². The van der Waals surface area contributed by atoms with E-state index >= 15 is 0 Å². The molecular weight excluding hydrogens is 241 g/mol. The van der Waals surface area contributed by atoms with Gasteiger partial charge in [-0.2, -0.15) is 10.5 Å². The molecule has 0 aromatic heterocycles. The normalized spacial score (nSPS) is 9.18. The van der Waals surface area contributed by atoms with E-state index in [2.05, 4.69) is 12.6 Å². The summed E-state index contributed by atoms with van der Waals surface area (Å²) in [6, 6.07) is 7.25. The number of amides is 1. The molecular formula is C11H8FN3OS. The standard InChI is InChI=1S/C11H8FN3OS/c12-9-2-1-8(7-10(9)17)11(16)15(5-3-13)6-4-14/h1-2,7,17H,5-6H2. The van der Waals surface area contributed by atoms with Crippen LogP contribution in [0, 0.1) is 28.5 Å². The first-order chi connectivity index (χ1) is 8.10. The predicted octanol–water partition coefficient (Wildman–Crippen LogP) is 1.60. The van der Waals surface area contributed by atoms with Crippen LogP contribution in [0.3, 0.4) is 0 Å². The van der Waals surface area contributed by atoms with Gasteiger partial charge in [-0.05, 0) is 18.2 Å². The molecule has 0 bridgehead atoms. The molecule has 0 saturated heterocycles. The monoisotopic (exact) mass is 249 g/mol. The molecule has 1 aromatic carbocycles. The van der Waals surface area contributed by atoms with Crippen LogP contribution in [-0.2, 0) is 0 Å². The number of hydrogen-bond acceptors (Lipinski definition) is 4. The lowest BCUT2D eigenvalue weighted by Crippen LogP contribution is -2.31. The van der Waals surface area contributed by atoms with Gasteiger partial charge in [-0.25, -0.2) is 4.39 Å². The molecule has 0 heterocycles. The lowest BCUT2D eigenvalue weighted by molar-refractivity contribution is 0.0794. The van der Waals surface area contributed by atoms with Crippen molar-refractivity contribution in [3.63, 3.8) is 0 Å². The molecule has 6 heteroatoms. The molecule has 0 aliphatic carbocycles. The highest BCUT2D eigenvalue weighted by Gasteiger charge is 2.15. The van der Waals surface area contributed by atoms with Gasteiger partial charge in [-0.1, -0.05) is 0 Å². The highest BCUT2D eigenvalue weighted by molar-refractivity contribution is 7.80. The minimum atomic E-state index is -0.531. The van der Waals surface area contributed by atoms with Crippen molar-refractivity contribution in [1.29, 1.82) is 10.5 Å². The van der Waals surface area contributed by atoms with Crippen molar-refractivity contribution >= 4 is 18.5 Å². The highest BCUT2D eigenvalue weighted by Crippen LogP contribution is 2.15. The van der Waals surface area contributed by atoms with Crippen LogP contribution in [-0.4, -0.2) is 23.9 Å². The summed E-state index contributed by atoms with van der Waals surface area (Å²) in [6.07, 6.45) is 0. The number of carbonyl (C=O) groups is 1. The summed E-state index contributed by atoms with van der Waals surface area (Å²) in [4.78, 5) is 13.0. The quantitative estimate of drug-likeness (QED) is 0.653. The Morgan fingerprint density at radius 3 is 2.41 bits per heavy atom. The van der Waals surface area contributed by atoms with Gasteiger partial charge in [0.1, 0.15) is 18.9 Å². The number of nitrogens with zero attached hydrogens (tertiary/aromatic N) is 3. The summed E-state index contributed by atoms with van der Waals surface area (Å²) in [5, 5.41) is 17.1. The molecule has 0 fully saturated rings. The lowest BCUT2D eigenvalue weighted by Gasteiger charge is -2.15. The molecule has 0 unspecified atom stereocenters. The largest absolute Gasteiger partial charge is 0.312 e. The first-order valence-corrected chi connectivity index (χ1v) is 5.06. The molecule has 0 spiro atoms. The number of halogens is 1. The van der Waals surface area contributed by atoms with E-state index in [9.17, 15) is 9.18 Å². The molecule has 0 saturated carbocycles. The Morgan fingerprint density at radius 2 is 1.94 bits per heavy atom. The van der Waals surface area contributed by atoms with E-state index in [0.29, 0.717) is 0 Å². The van der Waals surface area contributed by atoms with E-state index in [0.717, 1.165) is 11.0 Å². The molecule has 1 rings (SSSR count). The van der Waals surface area contributed by atoms with Gasteiger partial charge in [0, 0.05) is 10.5 Å². The van der Waals surface area contributed by atoms with Gasteiger partial charge >= 0.3 is 0 Å². The fourth-order valence-electron chi connectivity index (χ4n) is 1.20. The predicted molar refractivity (Wildman–Crippen MR) is 60.8 cm³/mol. The van der Waals surface area contributed by atoms with Gasteiger partial charge < -0.3 is 4.90 Å². The van der Waals surface area contributed by atoms with Crippen molar-refractivity contribution in [1.82, 2.24) is 4.90 Å². The zero-order chi connectivity index (χ0) is 12.8. The van der Waals surface area contributed by atoms with Crippen molar-refractivity contribution in [2.24, 2.45) is 0 Å². The second kappa shape index (κ2) is 5.88. The Morgan fingerprint density at radius 1 is 1.35 bits per heavy atom. The van der Waals surface area contributed by atoms with Crippen molar-refractivity contribution in [3.05, 3.63) is 29.6 Å². The molecule has 0 N–H and O–H groups in total. The average Bonchev–Trinajstić information content (AvgIpc) is 2.31. The average molecular weight is 249 g/mol. The smallest absolute Gasteiger partial charge is 0.255 e. The van der Waals surface area contributed by atoms with Gasteiger partial charge in [0.15, 0.2) is 0 Å². The topological polar surface area (TPSA) is 67.9 Å². The van der Waals surface area contributed by atoms with E-state index in [-0.39, 0.29) is 23.5 Å². The fraction of sp³-hybridized carbons (Fsp3) is 0.182. The molecule has 86 valence electrons. The molecule has 1 amide bonds. The van der Waals surface area contributed by atoms with Gasteiger partial charge in [-0.15, -0.1) is 12.6 Å².